The summed E-state index contributed by atoms with van der Waals surface area (Å²) in [6.07, 6.45) is 2.10. The van der Waals surface area contributed by atoms with Crippen molar-refractivity contribution in [1.29, 1.82) is 0 Å². The lowest BCUT2D eigenvalue weighted by Crippen LogP contribution is -2.43. The number of carbonyl (C=O) groups is 1. The van der Waals surface area contributed by atoms with Crippen molar-refractivity contribution >= 4 is 15.9 Å². The number of hydrogen-bond acceptors (Lipinski definition) is 5. The van der Waals surface area contributed by atoms with Gasteiger partial charge in [0.1, 0.15) is 5.82 Å². The Morgan fingerprint density at radius 2 is 1.83 bits per heavy atom. The normalized spacial score (nSPS) is 15.9. The lowest BCUT2D eigenvalue weighted by atomic mass is 9.97. The fraction of sp³-hybridized carbons (Fsp3) is 0.421. The van der Waals surface area contributed by atoms with Gasteiger partial charge in [-0.15, -0.1) is 0 Å². The highest BCUT2D eigenvalue weighted by atomic mass is 32.2. The molecular formula is C19H23FN4O4S. The van der Waals surface area contributed by atoms with Crippen LogP contribution in [0.25, 0.3) is 11.3 Å². The number of rotatable bonds is 6. The maximum atomic E-state index is 13.1. The molecule has 0 aliphatic carbocycles. The van der Waals surface area contributed by atoms with Gasteiger partial charge in [-0.2, -0.15) is 5.10 Å². The van der Waals surface area contributed by atoms with Crippen LogP contribution in [0.3, 0.4) is 0 Å². The van der Waals surface area contributed by atoms with Gasteiger partial charge in [0, 0.05) is 37.2 Å². The number of hydrogen-bond donors (Lipinski definition) is 1. The van der Waals surface area contributed by atoms with E-state index in [9.17, 15) is 22.4 Å². The second kappa shape index (κ2) is 8.83. The van der Waals surface area contributed by atoms with Gasteiger partial charge >= 0.3 is 0 Å². The number of benzene rings is 1. The summed E-state index contributed by atoms with van der Waals surface area (Å²) >= 11 is 0. The monoisotopic (exact) mass is 422 g/mol. The van der Waals surface area contributed by atoms with Gasteiger partial charge in [0.2, 0.25) is 15.9 Å². The van der Waals surface area contributed by atoms with Crippen molar-refractivity contribution in [2.45, 2.75) is 19.4 Å². The Kier molecular flexibility index (Phi) is 6.43. The van der Waals surface area contributed by atoms with E-state index in [4.69, 9.17) is 0 Å². The molecule has 0 radical (unpaired) electrons. The Labute approximate surface area is 168 Å². The Morgan fingerprint density at radius 3 is 2.45 bits per heavy atom. The standard InChI is InChI=1S/C19H23FN4O4S/c1-29(27,28)23-11-8-15(9-12-23)19(26)21-10-13-24-18(25)7-6-17(22-24)14-2-4-16(20)5-3-14/h2-7,15H,8-13H2,1H3,(H,21,26). The van der Waals surface area contributed by atoms with E-state index in [1.165, 1.54) is 27.2 Å². The number of amides is 1. The molecule has 1 aliphatic heterocycles. The number of nitrogens with zero attached hydrogens (tertiary/aromatic N) is 3. The summed E-state index contributed by atoms with van der Waals surface area (Å²) in [5, 5.41) is 7.07. The van der Waals surface area contributed by atoms with Crippen LogP contribution in [0.1, 0.15) is 12.8 Å². The number of piperidine rings is 1. The number of aromatic nitrogens is 2. The zero-order valence-corrected chi connectivity index (χ0v) is 16.9. The van der Waals surface area contributed by atoms with Gasteiger partial charge in [-0.25, -0.2) is 21.8 Å². The first-order valence-electron chi connectivity index (χ1n) is 9.31. The van der Waals surface area contributed by atoms with Gasteiger partial charge in [-0.3, -0.25) is 9.59 Å². The van der Waals surface area contributed by atoms with Crippen molar-refractivity contribution < 1.29 is 17.6 Å². The molecule has 0 spiro atoms. The van der Waals surface area contributed by atoms with Crippen molar-refractivity contribution in [2.75, 3.05) is 25.9 Å². The average Bonchev–Trinajstić information content (AvgIpc) is 2.69. The maximum Gasteiger partial charge on any atom is 0.266 e. The third-order valence-corrected chi connectivity index (χ3v) is 6.23. The summed E-state index contributed by atoms with van der Waals surface area (Å²) in [5.41, 5.74) is 0.914. The smallest absolute Gasteiger partial charge is 0.266 e. The molecule has 1 aromatic heterocycles. The third kappa shape index (κ3) is 5.48. The molecule has 1 aromatic carbocycles. The quantitative estimate of drug-likeness (QED) is 0.743. The van der Waals surface area contributed by atoms with Crippen LogP contribution in [0.15, 0.2) is 41.2 Å². The molecule has 0 atom stereocenters. The minimum Gasteiger partial charge on any atom is -0.354 e. The molecule has 1 amide bonds. The first-order chi connectivity index (χ1) is 13.7. The van der Waals surface area contributed by atoms with Crippen LogP contribution >= 0.6 is 0 Å². The van der Waals surface area contributed by atoms with Crippen LogP contribution in [-0.2, 0) is 21.4 Å². The Hall–Kier alpha value is -2.59. The van der Waals surface area contributed by atoms with Crippen LogP contribution in [-0.4, -0.2) is 54.3 Å². The molecule has 0 bridgehead atoms. The van der Waals surface area contributed by atoms with Crippen LogP contribution in [0.4, 0.5) is 4.39 Å². The fourth-order valence-electron chi connectivity index (χ4n) is 3.26. The van der Waals surface area contributed by atoms with Crippen LogP contribution < -0.4 is 10.9 Å². The van der Waals surface area contributed by atoms with E-state index < -0.39 is 10.0 Å². The minimum absolute atomic E-state index is 0.152. The molecule has 2 heterocycles. The maximum absolute atomic E-state index is 13.1. The van der Waals surface area contributed by atoms with E-state index in [2.05, 4.69) is 10.4 Å². The molecule has 1 N–H and O–H groups in total. The highest BCUT2D eigenvalue weighted by Crippen LogP contribution is 2.19. The van der Waals surface area contributed by atoms with Crippen molar-refractivity contribution in [3.8, 4) is 11.3 Å². The lowest BCUT2D eigenvalue weighted by molar-refractivity contribution is -0.126. The van der Waals surface area contributed by atoms with Gasteiger partial charge in [0.05, 0.1) is 18.5 Å². The first kappa shape index (κ1) is 21.1. The summed E-state index contributed by atoms with van der Waals surface area (Å²) in [6.45, 7) is 1.09. The molecule has 1 saturated heterocycles. The topological polar surface area (TPSA) is 101 Å². The highest BCUT2D eigenvalue weighted by molar-refractivity contribution is 7.88. The molecule has 0 saturated carbocycles. The molecule has 10 heteroatoms. The summed E-state index contributed by atoms with van der Waals surface area (Å²) in [5.74, 6) is -0.753. The van der Waals surface area contributed by atoms with E-state index >= 15 is 0 Å². The van der Waals surface area contributed by atoms with Crippen LogP contribution in [0, 0.1) is 11.7 Å². The number of nitrogens with one attached hydrogen (secondary N) is 1. The van der Waals surface area contributed by atoms with Crippen molar-refractivity contribution in [3.05, 3.63) is 52.6 Å². The third-order valence-electron chi connectivity index (χ3n) is 4.92. The molecular weight excluding hydrogens is 399 g/mol. The van der Waals surface area contributed by atoms with Gasteiger partial charge in [-0.05, 0) is 43.2 Å². The first-order valence-corrected chi connectivity index (χ1v) is 11.2. The molecule has 1 fully saturated rings. The second-order valence-corrected chi connectivity index (χ2v) is 9.00. The van der Waals surface area contributed by atoms with Crippen LogP contribution in [0.5, 0.6) is 0 Å². The summed E-state index contributed by atoms with van der Waals surface area (Å²) in [7, 11) is -3.23. The zero-order chi connectivity index (χ0) is 21.0. The molecule has 156 valence electrons. The second-order valence-electron chi connectivity index (χ2n) is 7.01. The predicted octanol–water partition coefficient (Wildman–Crippen LogP) is 0.837. The van der Waals surface area contributed by atoms with E-state index in [1.54, 1.807) is 18.2 Å². The van der Waals surface area contributed by atoms with Gasteiger partial charge in [0.15, 0.2) is 0 Å². The van der Waals surface area contributed by atoms with E-state index in [0.717, 1.165) is 6.26 Å². The molecule has 8 nitrogen and oxygen atoms in total. The fourth-order valence-corrected chi connectivity index (χ4v) is 4.14. The molecule has 2 aromatic rings. The van der Waals surface area contributed by atoms with Gasteiger partial charge < -0.3 is 5.32 Å². The summed E-state index contributed by atoms with van der Waals surface area (Å²) < 4.78 is 38.8. The van der Waals surface area contributed by atoms with Gasteiger partial charge in [0.25, 0.3) is 5.56 Å². The SMILES string of the molecule is CS(=O)(=O)N1CCC(C(=O)NCCn2nc(-c3ccc(F)cc3)ccc2=O)CC1. The van der Waals surface area contributed by atoms with Crippen molar-refractivity contribution in [3.63, 3.8) is 0 Å². The molecule has 3 rings (SSSR count). The molecule has 29 heavy (non-hydrogen) atoms. The zero-order valence-electron chi connectivity index (χ0n) is 16.0. The Balaban J connectivity index is 1.55. The highest BCUT2D eigenvalue weighted by Gasteiger charge is 2.28. The van der Waals surface area contributed by atoms with E-state index in [-0.39, 0.29) is 36.3 Å². The predicted molar refractivity (Wildman–Crippen MR) is 106 cm³/mol. The van der Waals surface area contributed by atoms with Crippen LogP contribution in [0.2, 0.25) is 0 Å². The summed E-state index contributed by atoms with van der Waals surface area (Å²) in [6, 6.07) is 8.76. The number of halogens is 1. The van der Waals surface area contributed by atoms with Crippen molar-refractivity contribution in [2.24, 2.45) is 5.92 Å². The molecule has 1 aliphatic rings. The summed E-state index contributed by atoms with van der Waals surface area (Å²) in [4.78, 5) is 24.4. The minimum atomic E-state index is -3.23. The largest absolute Gasteiger partial charge is 0.354 e. The Bertz CT molecular complexity index is 1030. The average molecular weight is 422 g/mol. The molecule has 0 unspecified atom stereocenters. The van der Waals surface area contributed by atoms with E-state index in [0.29, 0.717) is 37.2 Å². The lowest BCUT2D eigenvalue weighted by Gasteiger charge is -2.29. The van der Waals surface area contributed by atoms with Crippen molar-refractivity contribution in [1.82, 2.24) is 19.4 Å². The number of carbonyl (C=O) groups excluding carboxylic acids is 1. The van der Waals surface area contributed by atoms with E-state index in [1.807, 2.05) is 0 Å². The van der Waals surface area contributed by atoms with Gasteiger partial charge in [-0.1, -0.05) is 0 Å². The number of sulfonamides is 1. The Morgan fingerprint density at radius 1 is 1.17 bits per heavy atom.